The van der Waals surface area contributed by atoms with Crippen molar-refractivity contribution in [2.24, 2.45) is 0 Å². The Balaban J connectivity index is 2.40. The standard InChI is InChI=1S/C14H16ClFN2O2/c1-14(2,3)20-13(19)17-7-5-4-6-10-8-11(15)9-18-12(10)16/h8-9H,5,7H2,1-3H3,(H,17,19). The topological polar surface area (TPSA) is 51.2 Å². The van der Waals surface area contributed by atoms with Crippen LogP contribution in [-0.2, 0) is 4.74 Å². The number of alkyl carbamates (subject to hydrolysis) is 1. The van der Waals surface area contributed by atoms with Crippen LogP contribution in [0, 0.1) is 17.8 Å². The van der Waals surface area contributed by atoms with Gasteiger partial charge in [0.05, 0.1) is 10.6 Å². The molecule has 0 aliphatic rings. The van der Waals surface area contributed by atoms with Crippen LogP contribution in [0.5, 0.6) is 0 Å². The largest absolute Gasteiger partial charge is 0.444 e. The van der Waals surface area contributed by atoms with E-state index in [2.05, 4.69) is 22.1 Å². The Morgan fingerprint density at radius 2 is 2.25 bits per heavy atom. The van der Waals surface area contributed by atoms with E-state index in [-0.39, 0.29) is 5.56 Å². The molecule has 0 radical (unpaired) electrons. The molecule has 0 saturated heterocycles. The fourth-order valence-electron chi connectivity index (χ4n) is 1.21. The van der Waals surface area contributed by atoms with Crippen LogP contribution in [0.2, 0.25) is 5.02 Å². The summed E-state index contributed by atoms with van der Waals surface area (Å²) in [5, 5.41) is 2.87. The van der Waals surface area contributed by atoms with Crippen LogP contribution in [0.4, 0.5) is 9.18 Å². The van der Waals surface area contributed by atoms with E-state index in [0.717, 1.165) is 0 Å². The number of ether oxygens (including phenoxy) is 1. The summed E-state index contributed by atoms with van der Waals surface area (Å²) in [6, 6.07) is 1.40. The lowest BCUT2D eigenvalue weighted by molar-refractivity contribution is 0.0529. The van der Waals surface area contributed by atoms with Crippen LogP contribution >= 0.6 is 11.6 Å². The fourth-order valence-corrected chi connectivity index (χ4v) is 1.37. The van der Waals surface area contributed by atoms with Gasteiger partial charge in [0.1, 0.15) is 5.60 Å². The summed E-state index contributed by atoms with van der Waals surface area (Å²) >= 11 is 5.69. The van der Waals surface area contributed by atoms with Crippen LogP contribution in [0.15, 0.2) is 12.3 Å². The molecule has 108 valence electrons. The molecule has 0 aliphatic carbocycles. The average molecular weight is 299 g/mol. The van der Waals surface area contributed by atoms with E-state index < -0.39 is 17.6 Å². The molecule has 1 aromatic rings. The second-order valence-electron chi connectivity index (χ2n) is 4.97. The highest BCUT2D eigenvalue weighted by Gasteiger charge is 2.15. The van der Waals surface area contributed by atoms with Gasteiger partial charge >= 0.3 is 6.09 Å². The van der Waals surface area contributed by atoms with Crippen molar-refractivity contribution in [3.05, 3.63) is 28.8 Å². The van der Waals surface area contributed by atoms with Gasteiger partial charge in [-0.2, -0.15) is 4.39 Å². The summed E-state index contributed by atoms with van der Waals surface area (Å²) in [7, 11) is 0. The van der Waals surface area contributed by atoms with Crippen molar-refractivity contribution in [2.45, 2.75) is 32.8 Å². The van der Waals surface area contributed by atoms with E-state index >= 15 is 0 Å². The number of amides is 1. The zero-order valence-corrected chi connectivity index (χ0v) is 12.3. The fraction of sp³-hybridized carbons (Fsp3) is 0.429. The molecular weight excluding hydrogens is 283 g/mol. The lowest BCUT2D eigenvalue weighted by atomic mass is 10.2. The minimum atomic E-state index is -0.665. The molecule has 1 rings (SSSR count). The Labute approximate surface area is 122 Å². The molecule has 0 fully saturated rings. The molecular formula is C14H16ClFN2O2. The number of hydrogen-bond acceptors (Lipinski definition) is 3. The van der Waals surface area contributed by atoms with Crippen LogP contribution in [0.3, 0.4) is 0 Å². The lowest BCUT2D eigenvalue weighted by Crippen LogP contribution is -2.32. The minimum absolute atomic E-state index is 0.134. The molecule has 1 amide bonds. The first-order valence-corrected chi connectivity index (χ1v) is 6.42. The van der Waals surface area contributed by atoms with Crippen molar-refractivity contribution >= 4 is 17.7 Å². The Hall–Kier alpha value is -1.80. The zero-order valence-electron chi connectivity index (χ0n) is 11.6. The Bertz CT molecular complexity index is 544. The second kappa shape index (κ2) is 7.11. The number of aromatic nitrogens is 1. The van der Waals surface area contributed by atoms with E-state index in [1.165, 1.54) is 12.3 Å². The Morgan fingerprint density at radius 3 is 2.90 bits per heavy atom. The third-order valence-electron chi connectivity index (χ3n) is 1.95. The normalized spacial score (nSPS) is 10.4. The third-order valence-corrected chi connectivity index (χ3v) is 2.15. The molecule has 0 bridgehead atoms. The average Bonchev–Trinajstić information content (AvgIpc) is 2.30. The van der Waals surface area contributed by atoms with Crippen molar-refractivity contribution in [3.8, 4) is 11.8 Å². The van der Waals surface area contributed by atoms with Crippen LogP contribution in [0.25, 0.3) is 0 Å². The molecule has 0 aliphatic heterocycles. The van der Waals surface area contributed by atoms with Gasteiger partial charge in [-0.1, -0.05) is 23.4 Å². The molecule has 20 heavy (non-hydrogen) atoms. The molecule has 1 N–H and O–H groups in total. The highest BCUT2D eigenvalue weighted by molar-refractivity contribution is 6.30. The SMILES string of the molecule is CC(C)(C)OC(=O)NCCC#Cc1cc(Cl)cnc1F. The van der Waals surface area contributed by atoms with Crippen molar-refractivity contribution in [1.29, 1.82) is 0 Å². The number of carbonyl (C=O) groups is 1. The number of rotatable bonds is 2. The summed E-state index contributed by atoms with van der Waals surface area (Å²) in [6.07, 6.45) is 1.08. The number of pyridine rings is 1. The summed E-state index contributed by atoms with van der Waals surface area (Å²) in [4.78, 5) is 14.8. The maximum absolute atomic E-state index is 13.2. The molecule has 0 aromatic carbocycles. The van der Waals surface area contributed by atoms with Gasteiger partial charge in [-0.05, 0) is 26.8 Å². The van der Waals surface area contributed by atoms with Crippen molar-refractivity contribution in [2.75, 3.05) is 6.54 Å². The number of halogens is 2. The molecule has 0 unspecified atom stereocenters. The van der Waals surface area contributed by atoms with Crippen molar-refractivity contribution in [3.63, 3.8) is 0 Å². The monoisotopic (exact) mass is 298 g/mol. The molecule has 4 nitrogen and oxygen atoms in total. The minimum Gasteiger partial charge on any atom is -0.444 e. The first-order valence-electron chi connectivity index (χ1n) is 6.05. The van der Waals surface area contributed by atoms with Gasteiger partial charge in [0.15, 0.2) is 0 Å². The van der Waals surface area contributed by atoms with Crippen LogP contribution in [-0.4, -0.2) is 23.2 Å². The summed E-state index contributed by atoms with van der Waals surface area (Å²) < 4.78 is 18.3. The van der Waals surface area contributed by atoms with Crippen molar-refractivity contribution in [1.82, 2.24) is 10.3 Å². The number of carbonyl (C=O) groups excluding carboxylic acids is 1. The van der Waals surface area contributed by atoms with Gasteiger partial charge in [-0.15, -0.1) is 0 Å². The highest BCUT2D eigenvalue weighted by atomic mass is 35.5. The molecule has 0 spiro atoms. The van der Waals surface area contributed by atoms with Gasteiger partial charge < -0.3 is 10.1 Å². The molecule has 1 heterocycles. The molecule has 1 aromatic heterocycles. The quantitative estimate of drug-likeness (QED) is 0.518. The van der Waals surface area contributed by atoms with Crippen LogP contribution in [0.1, 0.15) is 32.8 Å². The zero-order chi connectivity index (χ0) is 15.2. The Morgan fingerprint density at radius 1 is 1.55 bits per heavy atom. The maximum atomic E-state index is 13.2. The molecule has 0 saturated carbocycles. The summed E-state index contributed by atoms with van der Waals surface area (Å²) in [5.74, 6) is 4.68. The second-order valence-corrected chi connectivity index (χ2v) is 5.41. The van der Waals surface area contributed by atoms with Gasteiger partial charge in [0, 0.05) is 19.2 Å². The summed E-state index contributed by atoms with van der Waals surface area (Å²) in [6.45, 7) is 5.65. The van der Waals surface area contributed by atoms with E-state index in [1.807, 2.05) is 0 Å². The van der Waals surface area contributed by atoms with Gasteiger partial charge in [0.2, 0.25) is 5.95 Å². The predicted octanol–water partition coefficient (Wildman–Crippen LogP) is 3.14. The number of hydrogen-bond donors (Lipinski definition) is 1. The maximum Gasteiger partial charge on any atom is 0.407 e. The summed E-state index contributed by atoms with van der Waals surface area (Å²) in [5.41, 5.74) is -0.402. The highest BCUT2D eigenvalue weighted by Crippen LogP contribution is 2.10. The number of nitrogens with one attached hydrogen (secondary N) is 1. The van der Waals surface area contributed by atoms with Crippen molar-refractivity contribution < 1.29 is 13.9 Å². The first kappa shape index (κ1) is 16.3. The lowest BCUT2D eigenvalue weighted by Gasteiger charge is -2.19. The van der Waals surface area contributed by atoms with E-state index in [0.29, 0.717) is 18.0 Å². The first-order chi connectivity index (χ1) is 9.28. The molecule has 0 atom stereocenters. The van der Waals surface area contributed by atoms with E-state index in [9.17, 15) is 9.18 Å². The van der Waals surface area contributed by atoms with Gasteiger partial charge in [0.25, 0.3) is 0 Å². The van der Waals surface area contributed by atoms with E-state index in [1.54, 1.807) is 20.8 Å². The van der Waals surface area contributed by atoms with Crippen LogP contribution < -0.4 is 5.32 Å². The number of nitrogens with zero attached hydrogens (tertiary/aromatic N) is 1. The van der Waals surface area contributed by atoms with E-state index in [4.69, 9.17) is 16.3 Å². The predicted molar refractivity (Wildman–Crippen MR) is 74.9 cm³/mol. The third kappa shape index (κ3) is 6.39. The smallest absolute Gasteiger partial charge is 0.407 e. The van der Waals surface area contributed by atoms with Gasteiger partial charge in [-0.25, -0.2) is 9.78 Å². The molecule has 6 heteroatoms. The van der Waals surface area contributed by atoms with Gasteiger partial charge in [-0.3, -0.25) is 0 Å². The Kier molecular flexibility index (Phi) is 5.78.